The predicted octanol–water partition coefficient (Wildman–Crippen LogP) is 3.27. The normalized spacial score (nSPS) is 13.4. The summed E-state index contributed by atoms with van der Waals surface area (Å²) in [5, 5.41) is 10.3. The molecule has 0 aliphatic rings. The van der Waals surface area contributed by atoms with Crippen LogP contribution in [-0.2, 0) is 6.18 Å². The number of hydrogen-bond donors (Lipinski definition) is 1. The number of nitrogens with zero attached hydrogens (tertiary/aromatic N) is 3. The van der Waals surface area contributed by atoms with E-state index in [9.17, 15) is 13.2 Å². The summed E-state index contributed by atoms with van der Waals surface area (Å²) in [4.78, 5) is 4.00. The maximum absolute atomic E-state index is 12.7. The van der Waals surface area contributed by atoms with Crippen molar-refractivity contribution in [2.45, 2.75) is 33.0 Å². The molecule has 0 saturated carbocycles. The Morgan fingerprint density at radius 1 is 1.29 bits per heavy atom. The highest BCUT2D eigenvalue weighted by Gasteiger charge is 2.35. The molecule has 0 bridgehead atoms. The molecule has 2 aromatic rings. The van der Waals surface area contributed by atoms with E-state index in [4.69, 9.17) is 0 Å². The number of thiazole rings is 1. The van der Waals surface area contributed by atoms with Crippen LogP contribution in [0.25, 0.3) is 0 Å². The summed E-state index contributed by atoms with van der Waals surface area (Å²) >= 11 is 0.650. The molecule has 2 rings (SSSR count). The van der Waals surface area contributed by atoms with Crippen molar-refractivity contribution in [1.29, 1.82) is 0 Å². The monoisotopic (exact) mass is 316 g/mol. The largest absolute Gasteiger partial charge is 0.443 e. The van der Waals surface area contributed by atoms with E-state index in [0.29, 0.717) is 28.5 Å². The van der Waals surface area contributed by atoms with Crippen LogP contribution in [0, 0.1) is 13.8 Å². The van der Waals surface area contributed by atoms with Gasteiger partial charge in [-0.15, -0.1) is 11.3 Å². The quantitative estimate of drug-likeness (QED) is 0.940. The molecule has 0 aliphatic carbocycles. The molecule has 0 fully saturated rings. The first-order chi connectivity index (χ1) is 9.82. The van der Waals surface area contributed by atoms with E-state index in [0.717, 1.165) is 11.3 Å². The van der Waals surface area contributed by atoms with Crippen LogP contribution < -0.4 is 5.32 Å². The van der Waals surface area contributed by atoms with Gasteiger partial charge in [-0.25, -0.2) is 4.98 Å². The molecule has 0 aliphatic heterocycles. The van der Waals surface area contributed by atoms with Crippen LogP contribution in [0.2, 0.25) is 0 Å². The van der Waals surface area contributed by atoms with Gasteiger partial charge in [0.2, 0.25) is 0 Å². The van der Waals surface area contributed by atoms with Gasteiger partial charge in [0.1, 0.15) is 0 Å². The second kappa shape index (κ2) is 6.07. The molecule has 8 heteroatoms. The van der Waals surface area contributed by atoms with E-state index in [1.807, 2.05) is 13.0 Å². The fraction of sp³-hybridized carbons (Fsp3) is 0.462. The Morgan fingerprint density at radius 2 is 2.00 bits per heavy atom. The van der Waals surface area contributed by atoms with Gasteiger partial charge in [-0.2, -0.15) is 23.4 Å². The van der Waals surface area contributed by atoms with E-state index >= 15 is 0 Å². The molecular formula is C13H15F3N4S. The van der Waals surface area contributed by atoms with E-state index in [1.54, 1.807) is 13.8 Å². The second-order valence-corrected chi connectivity index (χ2v) is 5.64. The van der Waals surface area contributed by atoms with Crippen molar-refractivity contribution in [3.8, 4) is 0 Å². The molecule has 1 N–H and O–H groups in total. The Morgan fingerprint density at radius 3 is 2.57 bits per heavy atom. The molecule has 0 amide bonds. The molecule has 2 aromatic heterocycles. The Bertz CT molecular complexity index is 624. The van der Waals surface area contributed by atoms with E-state index < -0.39 is 11.2 Å². The van der Waals surface area contributed by atoms with Gasteiger partial charge in [-0.05, 0) is 32.0 Å². The van der Waals surface area contributed by atoms with Crippen molar-refractivity contribution in [3.05, 3.63) is 39.1 Å². The molecule has 0 spiro atoms. The van der Waals surface area contributed by atoms with Gasteiger partial charge >= 0.3 is 6.18 Å². The third-order valence-electron chi connectivity index (χ3n) is 2.91. The predicted molar refractivity (Wildman–Crippen MR) is 74.1 cm³/mol. The maximum atomic E-state index is 12.7. The van der Waals surface area contributed by atoms with E-state index in [-0.39, 0.29) is 6.04 Å². The van der Waals surface area contributed by atoms with Crippen molar-refractivity contribution in [3.63, 3.8) is 0 Å². The lowest BCUT2D eigenvalue weighted by Crippen LogP contribution is -2.22. The van der Waals surface area contributed by atoms with Crippen molar-refractivity contribution >= 4 is 11.3 Å². The van der Waals surface area contributed by atoms with Crippen molar-refractivity contribution in [2.75, 3.05) is 6.54 Å². The fourth-order valence-corrected chi connectivity index (χ4v) is 2.86. The first kappa shape index (κ1) is 15.8. The van der Waals surface area contributed by atoms with Crippen molar-refractivity contribution < 1.29 is 13.2 Å². The Labute approximate surface area is 124 Å². The summed E-state index contributed by atoms with van der Waals surface area (Å²) in [6, 6.07) is 1.47. The van der Waals surface area contributed by atoms with Crippen LogP contribution in [0.1, 0.15) is 39.8 Å². The number of hydrogen-bond acceptors (Lipinski definition) is 5. The van der Waals surface area contributed by atoms with Crippen LogP contribution in [0.3, 0.4) is 0 Å². The molecular weight excluding hydrogens is 301 g/mol. The summed E-state index contributed by atoms with van der Waals surface area (Å²) in [6.07, 6.45) is -3.14. The van der Waals surface area contributed by atoms with Gasteiger partial charge in [0.25, 0.3) is 0 Å². The zero-order chi connectivity index (χ0) is 15.6. The van der Waals surface area contributed by atoms with Gasteiger partial charge in [0.15, 0.2) is 5.01 Å². The molecule has 0 saturated heterocycles. The average Bonchev–Trinajstić information content (AvgIpc) is 2.88. The second-order valence-electron chi connectivity index (χ2n) is 4.58. The number of aromatic nitrogens is 3. The number of halogens is 3. The summed E-state index contributed by atoms with van der Waals surface area (Å²) < 4.78 is 38.1. The van der Waals surface area contributed by atoms with Gasteiger partial charge in [-0.1, -0.05) is 6.92 Å². The lowest BCUT2D eigenvalue weighted by Gasteiger charge is -2.18. The van der Waals surface area contributed by atoms with E-state index in [1.165, 1.54) is 6.20 Å². The molecule has 21 heavy (non-hydrogen) atoms. The SMILES string of the molecule is CCNC(c1cnc(C(F)(F)F)s1)c1cc(C)nnc1C. The number of aryl methyl sites for hydroxylation is 2. The molecule has 0 radical (unpaired) electrons. The zero-order valence-corrected chi connectivity index (χ0v) is 12.6. The minimum absolute atomic E-state index is 0.363. The first-order valence-electron chi connectivity index (χ1n) is 6.40. The van der Waals surface area contributed by atoms with Crippen LogP contribution in [0.15, 0.2) is 12.3 Å². The third kappa shape index (κ3) is 3.56. The number of nitrogens with one attached hydrogen (secondary N) is 1. The fourth-order valence-electron chi connectivity index (χ4n) is 1.98. The van der Waals surface area contributed by atoms with Crippen LogP contribution in [0.5, 0.6) is 0 Å². The number of alkyl halides is 3. The van der Waals surface area contributed by atoms with Gasteiger partial charge in [0.05, 0.1) is 17.4 Å². The first-order valence-corrected chi connectivity index (χ1v) is 7.21. The molecule has 0 aromatic carbocycles. The highest BCUT2D eigenvalue weighted by molar-refractivity contribution is 7.11. The molecule has 114 valence electrons. The van der Waals surface area contributed by atoms with Crippen LogP contribution in [0.4, 0.5) is 13.2 Å². The Balaban J connectivity index is 2.44. The third-order valence-corrected chi connectivity index (χ3v) is 4.02. The summed E-state index contributed by atoms with van der Waals surface area (Å²) in [5.41, 5.74) is 2.23. The van der Waals surface area contributed by atoms with Gasteiger partial charge in [0, 0.05) is 11.1 Å². The standard InChI is InChI=1S/C13H15F3N4S/c1-4-17-11(9-5-7(2)19-20-8(9)3)10-6-18-12(21-10)13(14,15)16/h5-6,11,17H,4H2,1-3H3. The highest BCUT2D eigenvalue weighted by Crippen LogP contribution is 2.36. The summed E-state index contributed by atoms with van der Waals surface area (Å²) in [6.45, 7) is 6.10. The Hall–Kier alpha value is -1.54. The lowest BCUT2D eigenvalue weighted by atomic mass is 10.0. The Kier molecular flexibility index (Phi) is 4.58. The highest BCUT2D eigenvalue weighted by atomic mass is 32.1. The number of rotatable bonds is 4. The van der Waals surface area contributed by atoms with Gasteiger partial charge in [-0.3, -0.25) is 0 Å². The molecule has 1 atom stereocenters. The smallest absolute Gasteiger partial charge is 0.306 e. The van der Waals surface area contributed by atoms with Crippen LogP contribution >= 0.6 is 11.3 Å². The minimum atomic E-state index is -4.42. The van der Waals surface area contributed by atoms with Crippen molar-refractivity contribution in [2.24, 2.45) is 0 Å². The minimum Gasteiger partial charge on any atom is -0.306 e. The summed E-state index contributed by atoms with van der Waals surface area (Å²) in [5.74, 6) is 0. The van der Waals surface area contributed by atoms with Crippen LogP contribution in [-0.4, -0.2) is 21.7 Å². The zero-order valence-electron chi connectivity index (χ0n) is 11.8. The van der Waals surface area contributed by atoms with E-state index in [2.05, 4.69) is 20.5 Å². The molecule has 1 unspecified atom stereocenters. The van der Waals surface area contributed by atoms with Crippen molar-refractivity contribution in [1.82, 2.24) is 20.5 Å². The topological polar surface area (TPSA) is 50.7 Å². The molecule has 2 heterocycles. The molecule has 4 nitrogen and oxygen atoms in total. The lowest BCUT2D eigenvalue weighted by molar-refractivity contribution is -0.137. The van der Waals surface area contributed by atoms with Gasteiger partial charge < -0.3 is 5.32 Å². The summed E-state index contributed by atoms with van der Waals surface area (Å²) in [7, 11) is 0. The maximum Gasteiger partial charge on any atom is 0.443 e. The average molecular weight is 316 g/mol.